The number of nitrogens with one attached hydrogen (secondary N) is 2. The molecule has 4 rings (SSSR count). The van der Waals surface area contributed by atoms with Crippen LogP contribution in [-0.2, 0) is 11.3 Å². The van der Waals surface area contributed by atoms with E-state index in [1.807, 2.05) is 24.3 Å². The number of hydrogen-bond acceptors (Lipinski definition) is 7. The van der Waals surface area contributed by atoms with E-state index >= 15 is 0 Å². The molecule has 0 bridgehead atoms. The fourth-order valence-corrected chi connectivity index (χ4v) is 3.81. The maximum absolute atomic E-state index is 12.7. The molecule has 1 fully saturated rings. The number of amides is 2. The summed E-state index contributed by atoms with van der Waals surface area (Å²) in [7, 11) is 1.60. The number of furan rings is 1. The van der Waals surface area contributed by atoms with E-state index < -0.39 is 0 Å². The third-order valence-electron chi connectivity index (χ3n) is 4.21. The van der Waals surface area contributed by atoms with Crippen molar-refractivity contribution in [2.45, 2.75) is 6.54 Å². The van der Waals surface area contributed by atoms with Gasteiger partial charge in [0.25, 0.3) is 11.8 Å². The van der Waals surface area contributed by atoms with Gasteiger partial charge in [-0.25, -0.2) is 0 Å². The van der Waals surface area contributed by atoms with E-state index in [0.29, 0.717) is 38.1 Å². The molecular formula is C20H15N3O4S2. The minimum atomic E-state index is -0.304. The highest BCUT2D eigenvalue weighted by atomic mass is 32.2. The molecule has 2 N–H and O–H groups in total. The number of rotatable bonds is 5. The van der Waals surface area contributed by atoms with E-state index in [1.54, 1.807) is 25.4 Å². The van der Waals surface area contributed by atoms with Crippen molar-refractivity contribution in [1.82, 2.24) is 15.6 Å². The Labute approximate surface area is 175 Å². The number of carbonyl (C=O) groups excluding carboxylic acids is 2. The third-order valence-corrected chi connectivity index (χ3v) is 5.38. The van der Waals surface area contributed by atoms with E-state index in [-0.39, 0.29) is 11.8 Å². The van der Waals surface area contributed by atoms with E-state index in [4.69, 9.17) is 21.4 Å². The Bertz CT molecular complexity index is 1150. The lowest BCUT2D eigenvalue weighted by atomic mass is 10.2. The van der Waals surface area contributed by atoms with Crippen LogP contribution in [0.2, 0.25) is 0 Å². The summed E-state index contributed by atoms with van der Waals surface area (Å²) in [5, 5.41) is 6.08. The first-order chi connectivity index (χ1) is 14.0. The molecule has 7 nitrogen and oxygen atoms in total. The maximum atomic E-state index is 12.7. The van der Waals surface area contributed by atoms with Crippen LogP contribution in [0, 0.1) is 0 Å². The fourth-order valence-electron chi connectivity index (χ4n) is 2.79. The molecule has 1 saturated heterocycles. The molecule has 2 aromatic heterocycles. The predicted molar refractivity (Wildman–Crippen MR) is 114 cm³/mol. The quantitative estimate of drug-likeness (QED) is 0.479. The molecule has 3 aromatic rings. The molecule has 3 heterocycles. The number of aromatic nitrogens is 1. The lowest BCUT2D eigenvalue weighted by molar-refractivity contribution is -0.115. The molecule has 0 radical (unpaired) electrons. The van der Waals surface area contributed by atoms with Crippen LogP contribution in [0.4, 0.5) is 0 Å². The van der Waals surface area contributed by atoms with Gasteiger partial charge in [-0.2, -0.15) is 0 Å². The Kier molecular flexibility index (Phi) is 5.32. The van der Waals surface area contributed by atoms with Gasteiger partial charge in [-0.05, 0) is 23.8 Å². The minimum absolute atomic E-state index is 0.268. The van der Waals surface area contributed by atoms with Gasteiger partial charge in [-0.3, -0.25) is 14.6 Å². The average Bonchev–Trinajstić information content (AvgIpc) is 3.28. The number of ether oxygens (including phenoxy) is 1. The summed E-state index contributed by atoms with van der Waals surface area (Å²) in [4.78, 5) is 29.1. The second-order valence-electron chi connectivity index (χ2n) is 6.14. The molecule has 146 valence electrons. The van der Waals surface area contributed by atoms with Gasteiger partial charge in [0.2, 0.25) is 0 Å². The lowest BCUT2D eigenvalue weighted by Gasteiger charge is -2.06. The number of hydrogen-bond donors (Lipinski definition) is 2. The van der Waals surface area contributed by atoms with Crippen molar-refractivity contribution in [2.24, 2.45) is 0 Å². The van der Waals surface area contributed by atoms with Gasteiger partial charge in [-0.15, -0.1) is 0 Å². The highest BCUT2D eigenvalue weighted by Crippen LogP contribution is 2.29. The molecule has 1 aromatic carbocycles. The maximum Gasteiger partial charge on any atom is 0.263 e. The predicted octanol–water partition coefficient (Wildman–Crippen LogP) is 3.26. The molecule has 29 heavy (non-hydrogen) atoms. The number of thioether (sulfide) groups is 1. The van der Waals surface area contributed by atoms with Crippen molar-refractivity contribution < 1.29 is 18.7 Å². The second-order valence-corrected chi connectivity index (χ2v) is 7.86. The highest BCUT2D eigenvalue weighted by Gasteiger charge is 2.23. The number of thiocarbonyl (C=S) groups is 1. The summed E-state index contributed by atoms with van der Waals surface area (Å²) in [6, 6.07) is 9.15. The zero-order chi connectivity index (χ0) is 20.4. The van der Waals surface area contributed by atoms with Crippen molar-refractivity contribution in [3.63, 3.8) is 0 Å². The zero-order valence-corrected chi connectivity index (χ0v) is 16.9. The summed E-state index contributed by atoms with van der Waals surface area (Å²) in [5.41, 5.74) is 1.66. The van der Waals surface area contributed by atoms with Crippen molar-refractivity contribution in [3.8, 4) is 5.75 Å². The summed E-state index contributed by atoms with van der Waals surface area (Å²) < 4.78 is 11.3. The number of pyridine rings is 1. The zero-order valence-electron chi connectivity index (χ0n) is 15.2. The normalized spacial score (nSPS) is 15.0. The van der Waals surface area contributed by atoms with E-state index in [1.165, 1.54) is 18.0 Å². The second kappa shape index (κ2) is 8.06. The van der Waals surface area contributed by atoms with Gasteiger partial charge in [0.05, 0.1) is 12.0 Å². The largest absolute Gasteiger partial charge is 0.497 e. The molecular weight excluding hydrogens is 410 g/mol. The van der Waals surface area contributed by atoms with Crippen LogP contribution >= 0.6 is 24.0 Å². The number of carbonyl (C=O) groups is 2. The van der Waals surface area contributed by atoms with Crippen LogP contribution in [0.3, 0.4) is 0 Å². The van der Waals surface area contributed by atoms with Gasteiger partial charge >= 0.3 is 0 Å². The van der Waals surface area contributed by atoms with Crippen LogP contribution in [0.5, 0.6) is 5.75 Å². The average molecular weight is 425 g/mol. The monoisotopic (exact) mass is 425 g/mol. The van der Waals surface area contributed by atoms with Gasteiger partial charge in [-0.1, -0.05) is 36.1 Å². The Morgan fingerprint density at radius 2 is 2.14 bits per heavy atom. The number of benzene rings is 1. The number of nitrogens with zero attached hydrogens (tertiary/aromatic N) is 1. The van der Waals surface area contributed by atoms with Crippen molar-refractivity contribution in [1.29, 1.82) is 0 Å². The first-order valence-electron chi connectivity index (χ1n) is 8.57. The molecule has 9 heteroatoms. The third kappa shape index (κ3) is 4.15. The first kappa shape index (κ1) is 19.2. The molecule has 1 aliphatic heterocycles. The summed E-state index contributed by atoms with van der Waals surface area (Å²) in [5.74, 6) is 0.623. The van der Waals surface area contributed by atoms with Crippen molar-refractivity contribution in [3.05, 3.63) is 64.5 Å². The van der Waals surface area contributed by atoms with Gasteiger partial charge in [0.1, 0.15) is 21.4 Å². The highest BCUT2D eigenvalue weighted by molar-refractivity contribution is 8.26. The molecule has 0 spiro atoms. The summed E-state index contributed by atoms with van der Waals surface area (Å²) in [6.07, 6.45) is 4.66. The first-order valence-corrected chi connectivity index (χ1v) is 9.79. The fraction of sp³-hybridized carbons (Fsp3) is 0.100. The van der Waals surface area contributed by atoms with Crippen molar-refractivity contribution in [2.75, 3.05) is 7.11 Å². The van der Waals surface area contributed by atoms with Gasteiger partial charge in [0.15, 0.2) is 5.58 Å². The molecule has 0 unspecified atom stereocenters. The van der Waals surface area contributed by atoms with Crippen LogP contribution < -0.4 is 15.4 Å². The van der Waals surface area contributed by atoms with E-state index in [2.05, 4.69) is 15.6 Å². The smallest absolute Gasteiger partial charge is 0.263 e. The molecule has 0 atom stereocenters. The Balaban J connectivity index is 1.54. The van der Waals surface area contributed by atoms with E-state index in [0.717, 1.165) is 11.3 Å². The van der Waals surface area contributed by atoms with Crippen LogP contribution in [0.25, 0.3) is 17.0 Å². The molecule has 0 saturated carbocycles. The minimum Gasteiger partial charge on any atom is -0.497 e. The van der Waals surface area contributed by atoms with Crippen LogP contribution in [-0.4, -0.2) is 28.2 Å². The van der Waals surface area contributed by atoms with Crippen LogP contribution in [0.1, 0.15) is 21.7 Å². The summed E-state index contributed by atoms with van der Waals surface area (Å²) >= 11 is 6.15. The van der Waals surface area contributed by atoms with Crippen molar-refractivity contribution >= 4 is 57.2 Å². The number of fused-ring (bicyclic) bond motifs is 1. The molecule has 1 aliphatic rings. The molecule has 2 amide bonds. The Morgan fingerprint density at radius 3 is 2.83 bits per heavy atom. The Morgan fingerprint density at radius 1 is 1.34 bits per heavy atom. The standard InChI is InChI=1S/C20H15N3O4S2/c1-26-13-4-2-11(3-5-13)8-22-18(24)15-10-21-9-12-6-14(27-17(12)15)7-16-19(25)23-20(28)29-16/h2-7,9-10H,8H2,1H3,(H,22,24)(H,23,25,28)/b16-7-. The van der Waals surface area contributed by atoms with Crippen LogP contribution in [0.15, 0.2) is 52.0 Å². The van der Waals surface area contributed by atoms with Gasteiger partial charge < -0.3 is 19.8 Å². The molecule has 0 aliphatic carbocycles. The summed E-state index contributed by atoms with van der Waals surface area (Å²) in [6.45, 7) is 0.352. The number of methoxy groups -OCH3 is 1. The lowest BCUT2D eigenvalue weighted by Crippen LogP contribution is -2.23. The topological polar surface area (TPSA) is 93.5 Å². The van der Waals surface area contributed by atoms with Gasteiger partial charge in [0, 0.05) is 30.4 Å². The Hall–Kier alpha value is -3.17. The SMILES string of the molecule is COc1ccc(CNC(=O)c2cncc3cc(/C=C4\SC(=S)NC4=O)oc23)cc1. The van der Waals surface area contributed by atoms with E-state index in [9.17, 15) is 9.59 Å².